The van der Waals surface area contributed by atoms with Crippen molar-refractivity contribution in [3.8, 4) is 0 Å². The first kappa shape index (κ1) is 16.7. The van der Waals surface area contributed by atoms with Gasteiger partial charge >= 0.3 is 0 Å². The lowest BCUT2D eigenvalue weighted by atomic mass is 10.2. The SMILES string of the molecule is O=C(CNc1ccc(F)cc1)N1CCCN(C(=O)CC2CC2)CC1. The average Bonchev–Trinajstić information content (AvgIpc) is 3.40. The largest absolute Gasteiger partial charge is 0.376 e. The number of benzene rings is 1. The molecule has 0 aromatic heterocycles. The quantitative estimate of drug-likeness (QED) is 0.898. The minimum atomic E-state index is -0.296. The van der Waals surface area contributed by atoms with E-state index in [1.807, 2.05) is 4.90 Å². The molecule has 1 aromatic rings. The van der Waals surface area contributed by atoms with E-state index in [2.05, 4.69) is 5.32 Å². The van der Waals surface area contributed by atoms with Crippen LogP contribution in [0.5, 0.6) is 0 Å². The number of anilines is 1. The van der Waals surface area contributed by atoms with Crippen LogP contribution in [-0.2, 0) is 9.59 Å². The fourth-order valence-electron chi connectivity index (χ4n) is 2.97. The molecule has 24 heavy (non-hydrogen) atoms. The lowest BCUT2D eigenvalue weighted by molar-refractivity contribution is -0.133. The standard InChI is InChI=1S/C18H24FN3O2/c19-15-4-6-16(7-5-15)20-13-18(24)22-9-1-8-21(10-11-22)17(23)12-14-2-3-14/h4-7,14,20H,1-3,8-13H2. The van der Waals surface area contributed by atoms with Gasteiger partial charge in [0.25, 0.3) is 0 Å². The van der Waals surface area contributed by atoms with Crippen LogP contribution in [0.25, 0.3) is 0 Å². The maximum absolute atomic E-state index is 12.9. The Balaban J connectivity index is 1.45. The summed E-state index contributed by atoms with van der Waals surface area (Å²) in [5, 5.41) is 3.02. The molecule has 5 nitrogen and oxygen atoms in total. The van der Waals surface area contributed by atoms with Crippen LogP contribution in [0.2, 0.25) is 0 Å². The Morgan fingerprint density at radius 3 is 2.25 bits per heavy atom. The molecule has 0 bridgehead atoms. The van der Waals surface area contributed by atoms with Crippen molar-refractivity contribution in [2.24, 2.45) is 5.92 Å². The molecule has 1 aliphatic heterocycles. The van der Waals surface area contributed by atoms with Gasteiger partial charge in [0.1, 0.15) is 5.82 Å². The van der Waals surface area contributed by atoms with Crippen molar-refractivity contribution < 1.29 is 14.0 Å². The topological polar surface area (TPSA) is 52.7 Å². The second-order valence-electron chi connectivity index (χ2n) is 6.62. The van der Waals surface area contributed by atoms with Gasteiger partial charge in [-0.25, -0.2) is 4.39 Å². The summed E-state index contributed by atoms with van der Waals surface area (Å²) in [4.78, 5) is 28.2. The van der Waals surface area contributed by atoms with E-state index in [1.54, 1.807) is 17.0 Å². The van der Waals surface area contributed by atoms with Gasteiger partial charge in [0.05, 0.1) is 6.54 Å². The number of nitrogens with zero attached hydrogens (tertiary/aromatic N) is 2. The molecule has 1 aromatic carbocycles. The molecular weight excluding hydrogens is 309 g/mol. The smallest absolute Gasteiger partial charge is 0.241 e. The van der Waals surface area contributed by atoms with Gasteiger partial charge in [0.2, 0.25) is 11.8 Å². The van der Waals surface area contributed by atoms with Gasteiger partial charge in [-0.1, -0.05) is 0 Å². The summed E-state index contributed by atoms with van der Waals surface area (Å²) in [6, 6.07) is 5.96. The van der Waals surface area contributed by atoms with E-state index < -0.39 is 0 Å². The van der Waals surface area contributed by atoms with Crippen molar-refractivity contribution in [1.29, 1.82) is 0 Å². The lowest BCUT2D eigenvalue weighted by Gasteiger charge is -2.22. The fourth-order valence-corrected chi connectivity index (χ4v) is 2.97. The second-order valence-corrected chi connectivity index (χ2v) is 6.62. The second kappa shape index (κ2) is 7.64. The highest BCUT2D eigenvalue weighted by Crippen LogP contribution is 2.32. The van der Waals surface area contributed by atoms with Crippen molar-refractivity contribution >= 4 is 17.5 Å². The number of carbonyl (C=O) groups excluding carboxylic acids is 2. The van der Waals surface area contributed by atoms with E-state index in [0.717, 1.165) is 18.7 Å². The molecular formula is C18H24FN3O2. The van der Waals surface area contributed by atoms with Crippen LogP contribution in [0.3, 0.4) is 0 Å². The van der Waals surface area contributed by atoms with E-state index in [0.29, 0.717) is 32.0 Å². The zero-order valence-corrected chi connectivity index (χ0v) is 13.8. The molecule has 2 amide bonds. The molecule has 2 aliphatic rings. The van der Waals surface area contributed by atoms with Crippen LogP contribution in [0, 0.1) is 11.7 Å². The zero-order valence-electron chi connectivity index (χ0n) is 13.8. The highest BCUT2D eigenvalue weighted by Gasteiger charge is 2.28. The molecule has 0 unspecified atom stereocenters. The maximum atomic E-state index is 12.9. The van der Waals surface area contributed by atoms with Crippen LogP contribution < -0.4 is 5.32 Å². The monoisotopic (exact) mass is 333 g/mol. The van der Waals surface area contributed by atoms with Gasteiger partial charge in [-0.05, 0) is 49.4 Å². The van der Waals surface area contributed by atoms with E-state index in [9.17, 15) is 14.0 Å². The molecule has 130 valence electrons. The van der Waals surface area contributed by atoms with Crippen molar-refractivity contribution in [1.82, 2.24) is 9.80 Å². The van der Waals surface area contributed by atoms with Crippen molar-refractivity contribution in [2.75, 3.05) is 38.0 Å². The number of halogens is 1. The van der Waals surface area contributed by atoms with Crippen LogP contribution in [0.1, 0.15) is 25.7 Å². The Labute approximate surface area is 141 Å². The maximum Gasteiger partial charge on any atom is 0.241 e. The number of hydrogen-bond acceptors (Lipinski definition) is 3. The predicted molar refractivity (Wildman–Crippen MR) is 90.0 cm³/mol. The minimum Gasteiger partial charge on any atom is -0.376 e. The molecule has 0 spiro atoms. The Bertz CT molecular complexity index is 586. The van der Waals surface area contributed by atoms with Crippen LogP contribution >= 0.6 is 0 Å². The number of amides is 2. The van der Waals surface area contributed by atoms with E-state index in [4.69, 9.17) is 0 Å². The Morgan fingerprint density at radius 1 is 1.00 bits per heavy atom. The number of nitrogens with one attached hydrogen (secondary N) is 1. The zero-order chi connectivity index (χ0) is 16.9. The molecule has 0 radical (unpaired) electrons. The van der Waals surface area contributed by atoms with Crippen molar-refractivity contribution in [3.05, 3.63) is 30.1 Å². The third-order valence-corrected chi connectivity index (χ3v) is 4.65. The summed E-state index contributed by atoms with van der Waals surface area (Å²) in [7, 11) is 0. The summed E-state index contributed by atoms with van der Waals surface area (Å²) in [6.45, 7) is 2.80. The van der Waals surface area contributed by atoms with Crippen LogP contribution in [-0.4, -0.2) is 54.3 Å². The van der Waals surface area contributed by atoms with E-state index in [1.165, 1.54) is 25.0 Å². The third-order valence-electron chi connectivity index (χ3n) is 4.65. The Morgan fingerprint density at radius 2 is 1.62 bits per heavy atom. The first-order valence-corrected chi connectivity index (χ1v) is 8.67. The van der Waals surface area contributed by atoms with Crippen molar-refractivity contribution in [3.63, 3.8) is 0 Å². The van der Waals surface area contributed by atoms with E-state index >= 15 is 0 Å². The molecule has 1 heterocycles. The number of hydrogen-bond donors (Lipinski definition) is 1. The summed E-state index contributed by atoms with van der Waals surface area (Å²) < 4.78 is 12.9. The van der Waals surface area contributed by atoms with Gasteiger partial charge < -0.3 is 15.1 Å². The molecule has 1 saturated heterocycles. The summed E-state index contributed by atoms with van der Waals surface area (Å²) in [5.41, 5.74) is 0.723. The predicted octanol–water partition coefficient (Wildman–Crippen LogP) is 2.10. The third kappa shape index (κ3) is 4.69. The van der Waals surface area contributed by atoms with Crippen LogP contribution in [0.4, 0.5) is 10.1 Å². The first-order valence-electron chi connectivity index (χ1n) is 8.67. The van der Waals surface area contributed by atoms with E-state index in [-0.39, 0.29) is 24.2 Å². The summed E-state index contributed by atoms with van der Waals surface area (Å²) in [5.74, 6) is 0.542. The average molecular weight is 333 g/mol. The molecule has 1 N–H and O–H groups in total. The minimum absolute atomic E-state index is 0.0100. The highest BCUT2D eigenvalue weighted by atomic mass is 19.1. The molecule has 1 saturated carbocycles. The molecule has 2 fully saturated rings. The summed E-state index contributed by atoms with van der Waals surface area (Å²) in [6.07, 6.45) is 3.84. The number of carbonyl (C=O) groups is 2. The van der Waals surface area contributed by atoms with Gasteiger partial charge in [0.15, 0.2) is 0 Å². The van der Waals surface area contributed by atoms with Crippen molar-refractivity contribution in [2.45, 2.75) is 25.7 Å². The highest BCUT2D eigenvalue weighted by molar-refractivity contribution is 5.81. The molecule has 0 atom stereocenters. The van der Waals surface area contributed by atoms with Gasteiger partial charge in [-0.2, -0.15) is 0 Å². The molecule has 1 aliphatic carbocycles. The molecule has 3 rings (SSSR count). The Hall–Kier alpha value is -2.11. The lowest BCUT2D eigenvalue weighted by Crippen LogP contribution is -2.39. The van der Waals surface area contributed by atoms with Crippen LogP contribution in [0.15, 0.2) is 24.3 Å². The number of rotatable bonds is 5. The molecule has 6 heteroatoms. The first-order chi connectivity index (χ1) is 11.6. The van der Waals surface area contributed by atoms with Gasteiger partial charge in [0, 0.05) is 38.3 Å². The van der Waals surface area contributed by atoms with Gasteiger partial charge in [-0.15, -0.1) is 0 Å². The normalized spacial score (nSPS) is 18.2. The fraction of sp³-hybridized carbons (Fsp3) is 0.556. The summed E-state index contributed by atoms with van der Waals surface area (Å²) >= 11 is 0. The Kier molecular flexibility index (Phi) is 5.33. The van der Waals surface area contributed by atoms with Gasteiger partial charge in [-0.3, -0.25) is 9.59 Å².